The van der Waals surface area contributed by atoms with Crippen molar-refractivity contribution < 1.29 is 9.53 Å². The summed E-state index contributed by atoms with van der Waals surface area (Å²) in [5, 5.41) is 4.70. The Morgan fingerprint density at radius 2 is 1.71 bits per heavy atom. The van der Waals surface area contributed by atoms with Gasteiger partial charge in [-0.15, -0.1) is 0 Å². The van der Waals surface area contributed by atoms with Crippen LogP contribution in [0.2, 0.25) is 0 Å². The zero-order chi connectivity index (χ0) is 17.1. The lowest BCUT2D eigenvalue weighted by Crippen LogP contribution is -2.13. The summed E-state index contributed by atoms with van der Waals surface area (Å²) in [6.45, 7) is 6.09. The van der Waals surface area contributed by atoms with E-state index in [9.17, 15) is 4.79 Å². The predicted molar refractivity (Wildman–Crippen MR) is 94.4 cm³/mol. The minimum atomic E-state index is -0.357. The van der Waals surface area contributed by atoms with E-state index in [0.29, 0.717) is 12.3 Å². The topological polar surface area (TPSA) is 44.1 Å². The summed E-state index contributed by atoms with van der Waals surface area (Å²) in [5.41, 5.74) is 5.09. The molecular weight excluding hydrogens is 300 g/mol. The Balaban J connectivity index is 2.19. The third-order valence-electron chi connectivity index (χ3n) is 3.92. The van der Waals surface area contributed by atoms with Gasteiger partial charge < -0.3 is 4.74 Å². The molecule has 24 heavy (non-hydrogen) atoms. The largest absolute Gasteiger partial charge is 0.461 e. The molecule has 0 aliphatic carbocycles. The third kappa shape index (κ3) is 2.95. The quantitative estimate of drug-likeness (QED) is 0.672. The molecule has 0 bridgehead atoms. The number of nitrogens with zero attached hydrogens (tertiary/aromatic N) is 2. The van der Waals surface area contributed by atoms with E-state index in [1.807, 2.05) is 68.4 Å². The SMILES string of the molecule is CCOC(=O)c1c(C)c(-c2ccc(C)cc2)nn1-c1ccccc1. The zero-order valence-electron chi connectivity index (χ0n) is 14.1. The number of carbonyl (C=O) groups is 1. The summed E-state index contributed by atoms with van der Waals surface area (Å²) < 4.78 is 6.91. The van der Waals surface area contributed by atoms with Crippen molar-refractivity contribution in [3.8, 4) is 16.9 Å². The van der Waals surface area contributed by atoms with Gasteiger partial charge in [-0.05, 0) is 32.9 Å². The Kier molecular flexibility index (Phi) is 4.47. The first-order chi connectivity index (χ1) is 11.6. The molecule has 0 aliphatic heterocycles. The van der Waals surface area contributed by atoms with E-state index in [1.54, 1.807) is 11.6 Å². The van der Waals surface area contributed by atoms with Gasteiger partial charge in [0.25, 0.3) is 0 Å². The van der Waals surface area contributed by atoms with Crippen LogP contribution < -0.4 is 0 Å². The van der Waals surface area contributed by atoms with Crippen molar-refractivity contribution in [3.63, 3.8) is 0 Å². The smallest absolute Gasteiger partial charge is 0.357 e. The number of hydrogen-bond acceptors (Lipinski definition) is 3. The number of esters is 1. The summed E-state index contributed by atoms with van der Waals surface area (Å²) in [6.07, 6.45) is 0. The maximum Gasteiger partial charge on any atom is 0.357 e. The fourth-order valence-corrected chi connectivity index (χ4v) is 2.68. The van der Waals surface area contributed by atoms with Gasteiger partial charge >= 0.3 is 5.97 Å². The van der Waals surface area contributed by atoms with E-state index in [-0.39, 0.29) is 5.97 Å². The Morgan fingerprint density at radius 1 is 1.04 bits per heavy atom. The van der Waals surface area contributed by atoms with Crippen LogP contribution in [0, 0.1) is 13.8 Å². The molecule has 0 saturated carbocycles. The highest BCUT2D eigenvalue weighted by molar-refractivity contribution is 5.92. The van der Waals surface area contributed by atoms with Gasteiger partial charge in [-0.1, -0.05) is 48.0 Å². The van der Waals surface area contributed by atoms with Crippen LogP contribution in [0.1, 0.15) is 28.5 Å². The Bertz CT molecular complexity index is 849. The number of aromatic nitrogens is 2. The number of benzene rings is 2. The van der Waals surface area contributed by atoms with Gasteiger partial charge in [0, 0.05) is 11.1 Å². The van der Waals surface area contributed by atoms with Crippen molar-refractivity contribution in [2.75, 3.05) is 6.61 Å². The van der Waals surface area contributed by atoms with Crippen LogP contribution in [-0.4, -0.2) is 22.4 Å². The average molecular weight is 320 g/mol. The van der Waals surface area contributed by atoms with Crippen LogP contribution >= 0.6 is 0 Å². The van der Waals surface area contributed by atoms with Crippen molar-refractivity contribution in [1.29, 1.82) is 0 Å². The average Bonchev–Trinajstić information content (AvgIpc) is 2.94. The molecule has 0 radical (unpaired) electrons. The fraction of sp³-hybridized carbons (Fsp3) is 0.200. The van der Waals surface area contributed by atoms with Crippen molar-refractivity contribution >= 4 is 5.97 Å². The minimum Gasteiger partial charge on any atom is -0.461 e. The lowest BCUT2D eigenvalue weighted by Gasteiger charge is -2.07. The summed E-state index contributed by atoms with van der Waals surface area (Å²) >= 11 is 0. The summed E-state index contributed by atoms with van der Waals surface area (Å²) in [4.78, 5) is 12.5. The van der Waals surface area contributed by atoms with Crippen molar-refractivity contribution in [2.45, 2.75) is 20.8 Å². The molecule has 122 valence electrons. The standard InChI is InChI=1S/C20H20N2O2/c1-4-24-20(23)19-15(3)18(16-12-10-14(2)11-13-16)21-22(19)17-8-6-5-7-9-17/h5-13H,4H2,1-3H3. The van der Waals surface area contributed by atoms with Crippen LogP contribution in [0.5, 0.6) is 0 Å². The molecule has 0 spiro atoms. The van der Waals surface area contributed by atoms with Gasteiger partial charge in [-0.2, -0.15) is 5.10 Å². The Labute approximate surface area is 141 Å². The molecule has 0 atom stereocenters. The van der Waals surface area contributed by atoms with E-state index in [4.69, 9.17) is 9.84 Å². The summed E-state index contributed by atoms with van der Waals surface area (Å²) in [5.74, 6) is -0.357. The Hall–Kier alpha value is -2.88. The predicted octanol–water partition coefficient (Wildman–Crippen LogP) is 4.33. The number of para-hydroxylation sites is 1. The minimum absolute atomic E-state index is 0.331. The summed E-state index contributed by atoms with van der Waals surface area (Å²) in [6, 6.07) is 17.8. The molecule has 4 nitrogen and oxygen atoms in total. The van der Waals surface area contributed by atoms with Gasteiger partial charge in [0.1, 0.15) is 0 Å². The number of rotatable bonds is 4. The molecule has 3 rings (SSSR count). The normalized spacial score (nSPS) is 10.6. The number of carbonyl (C=O) groups excluding carboxylic acids is 1. The molecule has 3 aromatic rings. The molecule has 0 amide bonds. The molecule has 0 fully saturated rings. The van der Waals surface area contributed by atoms with Crippen LogP contribution in [-0.2, 0) is 4.74 Å². The van der Waals surface area contributed by atoms with Gasteiger partial charge in [0.05, 0.1) is 18.0 Å². The monoisotopic (exact) mass is 320 g/mol. The Morgan fingerprint density at radius 3 is 2.33 bits per heavy atom. The van der Waals surface area contributed by atoms with E-state index < -0.39 is 0 Å². The van der Waals surface area contributed by atoms with Gasteiger partial charge in [-0.25, -0.2) is 9.48 Å². The van der Waals surface area contributed by atoms with Crippen LogP contribution in [0.4, 0.5) is 0 Å². The molecule has 0 aliphatic rings. The van der Waals surface area contributed by atoms with E-state index in [2.05, 4.69) is 0 Å². The number of ether oxygens (including phenoxy) is 1. The number of aryl methyl sites for hydroxylation is 1. The van der Waals surface area contributed by atoms with E-state index in [0.717, 1.165) is 22.5 Å². The first-order valence-electron chi connectivity index (χ1n) is 8.01. The lowest BCUT2D eigenvalue weighted by atomic mass is 10.1. The zero-order valence-corrected chi connectivity index (χ0v) is 14.1. The fourth-order valence-electron chi connectivity index (χ4n) is 2.68. The third-order valence-corrected chi connectivity index (χ3v) is 3.92. The first kappa shape index (κ1) is 16.0. The van der Waals surface area contributed by atoms with E-state index >= 15 is 0 Å². The maximum absolute atomic E-state index is 12.5. The van der Waals surface area contributed by atoms with Crippen LogP contribution in [0.25, 0.3) is 16.9 Å². The lowest BCUT2D eigenvalue weighted by molar-refractivity contribution is 0.0515. The van der Waals surface area contributed by atoms with Crippen molar-refractivity contribution in [3.05, 3.63) is 71.4 Å². The summed E-state index contributed by atoms with van der Waals surface area (Å²) in [7, 11) is 0. The van der Waals surface area contributed by atoms with Crippen LogP contribution in [0.15, 0.2) is 54.6 Å². The van der Waals surface area contributed by atoms with Gasteiger partial charge in [0.15, 0.2) is 5.69 Å². The molecule has 1 aromatic heterocycles. The molecule has 1 heterocycles. The molecule has 2 aromatic carbocycles. The highest BCUT2D eigenvalue weighted by atomic mass is 16.5. The highest BCUT2D eigenvalue weighted by Gasteiger charge is 2.23. The van der Waals surface area contributed by atoms with Crippen molar-refractivity contribution in [1.82, 2.24) is 9.78 Å². The number of hydrogen-bond donors (Lipinski definition) is 0. The van der Waals surface area contributed by atoms with Gasteiger partial charge in [0.2, 0.25) is 0 Å². The second kappa shape index (κ2) is 6.71. The highest BCUT2D eigenvalue weighted by Crippen LogP contribution is 2.27. The molecule has 0 saturated heterocycles. The molecule has 0 unspecified atom stereocenters. The van der Waals surface area contributed by atoms with Crippen LogP contribution in [0.3, 0.4) is 0 Å². The second-order valence-corrected chi connectivity index (χ2v) is 5.66. The molecule has 4 heteroatoms. The molecule has 0 N–H and O–H groups in total. The first-order valence-corrected chi connectivity index (χ1v) is 8.01. The van der Waals surface area contributed by atoms with E-state index in [1.165, 1.54) is 5.56 Å². The van der Waals surface area contributed by atoms with Gasteiger partial charge in [-0.3, -0.25) is 0 Å². The van der Waals surface area contributed by atoms with Crippen molar-refractivity contribution in [2.24, 2.45) is 0 Å². The second-order valence-electron chi connectivity index (χ2n) is 5.66. The maximum atomic E-state index is 12.5. The molecular formula is C20H20N2O2.